The van der Waals surface area contributed by atoms with Crippen LogP contribution >= 0.6 is 0 Å². The molecule has 23 heavy (non-hydrogen) atoms. The Labute approximate surface area is 138 Å². The number of hydrogen-bond donors (Lipinski definition) is 0. The maximum absolute atomic E-state index is 12.7. The summed E-state index contributed by atoms with van der Waals surface area (Å²) in [5.41, 5.74) is 0. The van der Waals surface area contributed by atoms with E-state index in [0.29, 0.717) is 39.0 Å². The van der Waals surface area contributed by atoms with Gasteiger partial charge in [-0.05, 0) is 39.2 Å². The number of ether oxygens (including phenoxy) is 1. The summed E-state index contributed by atoms with van der Waals surface area (Å²) >= 11 is 0. The van der Waals surface area contributed by atoms with Gasteiger partial charge in [-0.2, -0.15) is 5.26 Å². The van der Waals surface area contributed by atoms with Gasteiger partial charge in [-0.3, -0.25) is 9.59 Å². The molecule has 0 aromatic heterocycles. The van der Waals surface area contributed by atoms with Gasteiger partial charge in [0.15, 0.2) is 0 Å². The van der Waals surface area contributed by atoms with Gasteiger partial charge in [0.2, 0.25) is 5.91 Å². The van der Waals surface area contributed by atoms with Gasteiger partial charge >= 0.3 is 5.97 Å². The SMILES string of the molecule is CCOC(=O)C1CCN(C(=O)C2CCCN(CCC#N)C2)CC1. The van der Waals surface area contributed by atoms with E-state index in [1.54, 1.807) is 0 Å². The third-order valence-corrected chi connectivity index (χ3v) is 4.82. The molecule has 2 aliphatic rings. The fourth-order valence-electron chi connectivity index (χ4n) is 3.52. The minimum absolute atomic E-state index is 0.0431. The Bertz CT molecular complexity index is 452. The lowest BCUT2D eigenvalue weighted by molar-refractivity contribution is -0.152. The van der Waals surface area contributed by atoms with E-state index in [1.807, 2.05) is 11.8 Å². The summed E-state index contributed by atoms with van der Waals surface area (Å²) in [6.07, 6.45) is 3.87. The first kappa shape index (κ1) is 17.7. The van der Waals surface area contributed by atoms with E-state index in [4.69, 9.17) is 10.00 Å². The first-order valence-electron chi connectivity index (χ1n) is 8.70. The number of carbonyl (C=O) groups excluding carboxylic acids is 2. The van der Waals surface area contributed by atoms with Gasteiger partial charge in [-0.25, -0.2) is 0 Å². The number of hydrogen-bond acceptors (Lipinski definition) is 5. The Hall–Kier alpha value is -1.61. The van der Waals surface area contributed by atoms with Crippen molar-refractivity contribution < 1.29 is 14.3 Å². The first-order chi connectivity index (χ1) is 11.2. The molecule has 128 valence electrons. The molecule has 2 aliphatic heterocycles. The highest BCUT2D eigenvalue weighted by Gasteiger charge is 2.33. The molecule has 2 heterocycles. The smallest absolute Gasteiger partial charge is 0.309 e. The van der Waals surface area contributed by atoms with E-state index in [1.165, 1.54) is 0 Å². The van der Waals surface area contributed by atoms with Crippen LogP contribution in [0.1, 0.15) is 39.0 Å². The Morgan fingerprint density at radius 3 is 2.57 bits per heavy atom. The van der Waals surface area contributed by atoms with Crippen LogP contribution in [0.3, 0.4) is 0 Å². The van der Waals surface area contributed by atoms with E-state index in [9.17, 15) is 9.59 Å². The fraction of sp³-hybridized carbons (Fsp3) is 0.824. The highest BCUT2D eigenvalue weighted by atomic mass is 16.5. The molecule has 1 atom stereocenters. The zero-order chi connectivity index (χ0) is 16.7. The van der Waals surface area contributed by atoms with Crippen molar-refractivity contribution in [1.29, 1.82) is 5.26 Å². The average molecular weight is 321 g/mol. The molecule has 0 aromatic carbocycles. The van der Waals surface area contributed by atoms with Gasteiger partial charge in [0.1, 0.15) is 0 Å². The molecule has 2 rings (SSSR count). The standard InChI is InChI=1S/C17H27N3O3/c1-2-23-17(22)14-6-11-20(12-7-14)16(21)15-5-3-9-19(13-15)10-4-8-18/h14-15H,2-7,9-13H2,1H3. The van der Waals surface area contributed by atoms with Crippen molar-refractivity contribution in [2.45, 2.75) is 39.0 Å². The molecular formula is C17H27N3O3. The van der Waals surface area contributed by atoms with Crippen LogP contribution in [0.4, 0.5) is 0 Å². The molecule has 0 N–H and O–H groups in total. The lowest BCUT2D eigenvalue weighted by Crippen LogP contribution is -2.48. The van der Waals surface area contributed by atoms with Gasteiger partial charge in [0.05, 0.1) is 24.5 Å². The van der Waals surface area contributed by atoms with Gasteiger partial charge in [-0.1, -0.05) is 0 Å². The molecule has 1 unspecified atom stereocenters. The number of rotatable bonds is 5. The van der Waals surface area contributed by atoms with Crippen LogP contribution in [-0.2, 0) is 14.3 Å². The molecule has 2 fully saturated rings. The largest absolute Gasteiger partial charge is 0.466 e. The highest BCUT2D eigenvalue weighted by molar-refractivity contribution is 5.80. The second kappa shape index (κ2) is 8.88. The van der Waals surface area contributed by atoms with Crippen LogP contribution in [-0.4, -0.2) is 61.0 Å². The van der Waals surface area contributed by atoms with E-state index < -0.39 is 0 Å². The molecule has 0 spiro atoms. The summed E-state index contributed by atoms with van der Waals surface area (Å²) < 4.78 is 5.07. The van der Waals surface area contributed by atoms with Crippen LogP contribution in [0.25, 0.3) is 0 Å². The summed E-state index contributed by atoms with van der Waals surface area (Å²) in [7, 11) is 0. The van der Waals surface area contributed by atoms with Gasteiger partial charge in [-0.15, -0.1) is 0 Å². The van der Waals surface area contributed by atoms with Crippen LogP contribution in [0.15, 0.2) is 0 Å². The Kier molecular flexibility index (Phi) is 6.85. The average Bonchev–Trinajstić information content (AvgIpc) is 2.60. The number of likely N-dealkylation sites (tertiary alicyclic amines) is 2. The number of carbonyl (C=O) groups is 2. The maximum atomic E-state index is 12.7. The third kappa shape index (κ3) is 4.93. The summed E-state index contributed by atoms with van der Waals surface area (Å²) in [5, 5.41) is 8.69. The summed E-state index contributed by atoms with van der Waals surface area (Å²) in [5.74, 6) is 0.0768. The summed E-state index contributed by atoms with van der Waals surface area (Å²) in [6.45, 7) is 6.03. The lowest BCUT2D eigenvalue weighted by atomic mass is 9.92. The molecule has 6 heteroatoms. The monoisotopic (exact) mass is 321 g/mol. The van der Waals surface area contributed by atoms with Gasteiger partial charge < -0.3 is 14.5 Å². The second-order valence-corrected chi connectivity index (χ2v) is 6.40. The van der Waals surface area contributed by atoms with Crippen molar-refractivity contribution >= 4 is 11.9 Å². The third-order valence-electron chi connectivity index (χ3n) is 4.82. The maximum Gasteiger partial charge on any atom is 0.309 e. The molecule has 2 saturated heterocycles. The molecule has 6 nitrogen and oxygen atoms in total. The van der Waals surface area contributed by atoms with Crippen molar-refractivity contribution in [2.24, 2.45) is 11.8 Å². The van der Waals surface area contributed by atoms with Crippen molar-refractivity contribution in [3.05, 3.63) is 0 Å². The van der Waals surface area contributed by atoms with Crippen LogP contribution in [0, 0.1) is 23.2 Å². The molecule has 0 radical (unpaired) electrons. The number of esters is 1. The minimum atomic E-state index is -0.125. The molecular weight excluding hydrogens is 294 g/mol. The zero-order valence-corrected chi connectivity index (χ0v) is 14.0. The Morgan fingerprint density at radius 2 is 1.91 bits per heavy atom. The second-order valence-electron chi connectivity index (χ2n) is 6.40. The Balaban J connectivity index is 1.80. The van der Waals surface area contributed by atoms with E-state index in [2.05, 4.69) is 11.0 Å². The Morgan fingerprint density at radius 1 is 1.17 bits per heavy atom. The van der Waals surface area contributed by atoms with Crippen molar-refractivity contribution in [1.82, 2.24) is 9.80 Å². The normalized spacial score (nSPS) is 23.3. The first-order valence-corrected chi connectivity index (χ1v) is 8.70. The molecule has 0 aromatic rings. The van der Waals surface area contributed by atoms with Crippen molar-refractivity contribution in [2.75, 3.05) is 39.3 Å². The van der Waals surface area contributed by atoms with Crippen LogP contribution < -0.4 is 0 Å². The van der Waals surface area contributed by atoms with Crippen LogP contribution in [0.5, 0.6) is 0 Å². The fourth-order valence-corrected chi connectivity index (χ4v) is 3.52. The molecule has 1 amide bonds. The summed E-state index contributed by atoms with van der Waals surface area (Å²) in [4.78, 5) is 28.6. The predicted molar refractivity (Wildman–Crippen MR) is 85.3 cm³/mol. The summed E-state index contributed by atoms with van der Waals surface area (Å²) in [6, 6.07) is 2.17. The van der Waals surface area contributed by atoms with Gasteiger partial charge in [0, 0.05) is 32.6 Å². The topological polar surface area (TPSA) is 73.6 Å². The number of piperidine rings is 2. The molecule has 0 saturated carbocycles. The zero-order valence-electron chi connectivity index (χ0n) is 14.0. The minimum Gasteiger partial charge on any atom is -0.466 e. The van der Waals surface area contributed by atoms with E-state index in [-0.39, 0.29) is 23.7 Å². The van der Waals surface area contributed by atoms with Crippen LogP contribution in [0.2, 0.25) is 0 Å². The molecule has 0 bridgehead atoms. The van der Waals surface area contributed by atoms with E-state index >= 15 is 0 Å². The molecule has 0 aliphatic carbocycles. The van der Waals surface area contributed by atoms with Gasteiger partial charge in [0.25, 0.3) is 0 Å². The quantitative estimate of drug-likeness (QED) is 0.716. The van der Waals surface area contributed by atoms with Crippen molar-refractivity contribution in [3.63, 3.8) is 0 Å². The highest BCUT2D eigenvalue weighted by Crippen LogP contribution is 2.24. The van der Waals surface area contributed by atoms with E-state index in [0.717, 1.165) is 32.5 Å². The number of nitriles is 1. The lowest BCUT2D eigenvalue weighted by Gasteiger charge is -2.37. The number of nitrogens with zero attached hydrogens (tertiary/aromatic N) is 3. The predicted octanol–water partition coefficient (Wildman–Crippen LogP) is 1.41. The number of amides is 1. The van der Waals surface area contributed by atoms with Crippen molar-refractivity contribution in [3.8, 4) is 6.07 Å².